The Labute approximate surface area is 132 Å². The Morgan fingerprint density at radius 2 is 1.15 bits per heavy atom. The quantitative estimate of drug-likeness (QED) is 0.732. The number of hydrogen-bond acceptors (Lipinski definition) is 2. The van der Waals surface area contributed by atoms with Crippen molar-refractivity contribution in [3.63, 3.8) is 0 Å². The molecule has 0 amide bonds. The summed E-state index contributed by atoms with van der Waals surface area (Å²) < 4.78 is 0. The van der Waals surface area contributed by atoms with Crippen LogP contribution in [0.2, 0.25) is 0 Å². The second-order valence-corrected chi connectivity index (χ2v) is 4.74. The average Bonchev–Trinajstić information content (AvgIpc) is 2.51. The normalized spacial score (nSPS) is 22.6. The van der Waals surface area contributed by atoms with Crippen LogP contribution in [0.3, 0.4) is 0 Å². The zero-order valence-corrected chi connectivity index (χ0v) is 15.8. The number of nitrogens with two attached hydrogens (primary N) is 1. The number of aliphatic hydroxyl groups excluding tert-OH is 1. The van der Waals surface area contributed by atoms with E-state index in [0.717, 1.165) is 24.9 Å². The molecule has 0 saturated heterocycles. The molecular weight excluding hydrogens is 250 g/mol. The van der Waals surface area contributed by atoms with E-state index >= 15 is 0 Å². The maximum absolute atomic E-state index is 7.00. The Hall–Kier alpha value is -0.120. The lowest BCUT2D eigenvalue weighted by Gasteiger charge is -2.31. The van der Waals surface area contributed by atoms with Crippen molar-refractivity contribution in [3.05, 3.63) is 0 Å². The molecule has 5 N–H and O–H groups in total. The fourth-order valence-corrected chi connectivity index (χ4v) is 1.85. The lowest BCUT2D eigenvalue weighted by Crippen LogP contribution is -2.21. The van der Waals surface area contributed by atoms with E-state index in [0.29, 0.717) is 0 Å². The molecule has 1 fully saturated rings. The second kappa shape index (κ2) is 31.3. The molecule has 1 saturated carbocycles. The van der Waals surface area contributed by atoms with Gasteiger partial charge in [-0.2, -0.15) is 0 Å². The molecular formula is C17H49NO2. The van der Waals surface area contributed by atoms with Gasteiger partial charge in [-0.3, -0.25) is 0 Å². The highest BCUT2D eigenvalue weighted by Crippen LogP contribution is 2.33. The molecule has 0 radical (unpaired) electrons. The SMILES string of the molecule is CC.CC1CCCC(C)C1C.CCCC.CN.CO.O.[HH].[HH]. The minimum atomic E-state index is 0. The van der Waals surface area contributed by atoms with Crippen LogP contribution >= 0.6 is 0 Å². The van der Waals surface area contributed by atoms with Crippen molar-refractivity contribution < 1.29 is 13.4 Å². The maximum Gasteiger partial charge on any atom is 0.0319 e. The van der Waals surface area contributed by atoms with Crippen LogP contribution in [0.15, 0.2) is 0 Å². The Bertz CT molecular complexity index is 119. The molecule has 2 unspecified atom stereocenters. The molecule has 0 aliphatic heterocycles. The largest absolute Gasteiger partial charge is 0.412 e. The zero-order valence-electron chi connectivity index (χ0n) is 15.8. The summed E-state index contributed by atoms with van der Waals surface area (Å²) in [4.78, 5) is 0. The summed E-state index contributed by atoms with van der Waals surface area (Å²) >= 11 is 0. The van der Waals surface area contributed by atoms with Gasteiger partial charge in [-0.15, -0.1) is 0 Å². The van der Waals surface area contributed by atoms with Gasteiger partial charge in [0.15, 0.2) is 0 Å². The first-order chi connectivity index (χ1) is 9.13. The molecule has 0 aromatic carbocycles. The van der Waals surface area contributed by atoms with Crippen molar-refractivity contribution in [2.75, 3.05) is 14.2 Å². The van der Waals surface area contributed by atoms with E-state index in [-0.39, 0.29) is 8.33 Å². The van der Waals surface area contributed by atoms with Gasteiger partial charge < -0.3 is 16.3 Å². The van der Waals surface area contributed by atoms with E-state index in [1.54, 1.807) is 0 Å². The summed E-state index contributed by atoms with van der Waals surface area (Å²) in [5, 5.41) is 7.00. The molecule has 2 atom stereocenters. The van der Waals surface area contributed by atoms with Crippen LogP contribution in [-0.4, -0.2) is 24.7 Å². The van der Waals surface area contributed by atoms with Gasteiger partial charge >= 0.3 is 0 Å². The zero-order chi connectivity index (χ0) is 16.3. The van der Waals surface area contributed by atoms with Gasteiger partial charge in [0.2, 0.25) is 0 Å². The third-order valence-corrected chi connectivity index (χ3v) is 3.61. The maximum atomic E-state index is 7.00. The van der Waals surface area contributed by atoms with Crippen molar-refractivity contribution in [1.82, 2.24) is 0 Å². The van der Waals surface area contributed by atoms with Gasteiger partial charge in [0.25, 0.3) is 0 Å². The van der Waals surface area contributed by atoms with Crippen molar-refractivity contribution in [2.24, 2.45) is 23.5 Å². The van der Waals surface area contributed by atoms with Gasteiger partial charge in [-0.1, -0.05) is 80.6 Å². The first-order valence-corrected chi connectivity index (χ1v) is 8.15. The van der Waals surface area contributed by atoms with Gasteiger partial charge in [0.05, 0.1) is 0 Å². The molecule has 0 bridgehead atoms. The van der Waals surface area contributed by atoms with E-state index < -0.39 is 0 Å². The highest BCUT2D eigenvalue weighted by molar-refractivity contribution is 4.73. The lowest BCUT2D eigenvalue weighted by molar-refractivity contribution is 0.197. The van der Waals surface area contributed by atoms with Crippen molar-refractivity contribution in [1.29, 1.82) is 0 Å². The van der Waals surface area contributed by atoms with Gasteiger partial charge in [-0.05, 0) is 24.8 Å². The molecule has 20 heavy (non-hydrogen) atoms. The third kappa shape index (κ3) is 23.0. The molecule has 134 valence electrons. The van der Waals surface area contributed by atoms with E-state index in [1.165, 1.54) is 39.2 Å². The molecule has 1 aliphatic rings. The number of rotatable bonds is 1. The first-order valence-electron chi connectivity index (χ1n) is 8.15. The van der Waals surface area contributed by atoms with Gasteiger partial charge in [0.1, 0.15) is 0 Å². The van der Waals surface area contributed by atoms with Gasteiger partial charge in [-0.25, -0.2) is 0 Å². The fourth-order valence-electron chi connectivity index (χ4n) is 1.85. The lowest BCUT2D eigenvalue weighted by atomic mass is 9.75. The molecule has 3 nitrogen and oxygen atoms in total. The Morgan fingerprint density at radius 3 is 1.30 bits per heavy atom. The van der Waals surface area contributed by atoms with Crippen LogP contribution in [0, 0.1) is 17.8 Å². The Morgan fingerprint density at radius 1 is 0.900 bits per heavy atom. The fraction of sp³-hybridized carbons (Fsp3) is 1.00. The van der Waals surface area contributed by atoms with E-state index in [4.69, 9.17) is 5.11 Å². The summed E-state index contributed by atoms with van der Waals surface area (Å²) in [5.41, 5.74) is 4.50. The van der Waals surface area contributed by atoms with E-state index in [1.807, 2.05) is 13.8 Å². The van der Waals surface area contributed by atoms with Crippen molar-refractivity contribution in [3.8, 4) is 0 Å². The summed E-state index contributed by atoms with van der Waals surface area (Å²) in [6.45, 7) is 15.5. The Kier molecular flexibility index (Phi) is 50.1. The van der Waals surface area contributed by atoms with E-state index in [2.05, 4.69) is 40.4 Å². The topological polar surface area (TPSA) is 77.8 Å². The second-order valence-electron chi connectivity index (χ2n) is 4.74. The van der Waals surface area contributed by atoms with E-state index in [9.17, 15) is 0 Å². The summed E-state index contributed by atoms with van der Waals surface area (Å²) in [7, 11) is 2.50. The molecule has 0 heterocycles. The predicted molar refractivity (Wildman–Crippen MR) is 99.4 cm³/mol. The molecule has 1 aliphatic carbocycles. The standard InChI is InChI=1S/C9H18.C4H10.C2H6.CH5N.CH4O.H2O.2H2/c1-7-5-4-6-8(2)9(7)3;1-3-4-2;3*1-2;;;/h7-9H,4-6H2,1-3H3;3-4H2,1-2H3;1-2H3;2H2,1H3;2H,1H3;1H2;2*1H. The first kappa shape index (κ1) is 32.0. The summed E-state index contributed by atoms with van der Waals surface area (Å²) in [6.07, 6.45) is 7.03. The average molecular weight is 300 g/mol. The van der Waals surface area contributed by atoms with Crippen LogP contribution in [0.1, 0.15) is 83.4 Å². The van der Waals surface area contributed by atoms with Crippen LogP contribution in [0.5, 0.6) is 0 Å². The molecule has 0 aromatic rings. The van der Waals surface area contributed by atoms with Crippen molar-refractivity contribution in [2.45, 2.75) is 80.6 Å². The molecule has 1 rings (SSSR count). The number of hydrogen-bond donors (Lipinski definition) is 2. The van der Waals surface area contributed by atoms with Crippen LogP contribution < -0.4 is 5.73 Å². The minimum absolute atomic E-state index is 0. The summed E-state index contributed by atoms with van der Waals surface area (Å²) in [6, 6.07) is 0. The smallest absolute Gasteiger partial charge is 0.0319 e. The third-order valence-electron chi connectivity index (χ3n) is 3.61. The van der Waals surface area contributed by atoms with Crippen LogP contribution in [0.4, 0.5) is 0 Å². The minimum Gasteiger partial charge on any atom is -0.412 e. The summed E-state index contributed by atoms with van der Waals surface area (Å²) in [5.74, 6) is 2.93. The molecule has 3 heteroatoms. The monoisotopic (exact) mass is 299 g/mol. The Balaban J connectivity index is -0.0000000303. The van der Waals surface area contributed by atoms with Crippen LogP contribution in [0.25, 0.3) is 0 Å². The van der Waals surface area contributed by atoms with Crippen LogP contribution in [-0.2, 0) is 0 Å². The highest BCUT2D eigenvalue weighted by atomic mass is 16.2. The highest BCUT2D eigenvalue weighted by Gasteiger charge is 2.22. The predicted octanol–water partition coefficient (Wildman–Crippen LogP) is 4.76. The van der Waals surface area contributed by atoms with Gasteiger partial charge in [0, 0.05) is 9.96 Å². The molecule has 0 spiro atoms. The number of unbranched alkanes of at least 4 members (excludes halogenated alkanes) is 1. The van der Waals surface area contributed by atoms with Crippen molar-refractivity contribution >= 4 is 0 Å². The number of aliphatic hydroxyl groups is 1. The molecule has 0 aromatic heterocycles.